The van der Waals surface area contributed by atoms with E-state index >= 15 is 0 Å². The van der Waals surface area contributed by atoms with E-state index in [-0.39, 0.29) is 23.1 Å². The van der Waals surface area contributed by atoms with Crippen molar-refractivity contribution in [1.29, 1.82) is 0 Å². The monoisotopic (exact) mass is 346 g/mol. The van der Waals surface area contributed by atoms with Crippen LogP contribution >= 0.6 is 0 Å². The Kier molecular flexibility index (Phi) is 3.91. The average molecular weight is 346 g/mol. The molecule has 0 unspecified atom stereocenters. The van der Waals surface area contributed by atoms with Gasteiger partial charge in [-0.25, -0.2) is 0 Å². The summed E-state index contributed by atoms with van der Waals surface area (Å²) >= 11 is 0. The SMILES string of the molecule is CC(=O)O[C@@H]1CC[C@]2(C)C(=CC(=O)[C@H]3[C@H]4CCC[C@@]4(C)CC[C@H]32)[C@@H]1O. The molecule has 0 bridgehead atoms. The van der Waals surface area contributed by atoms with Crippen molar-refractivity contribution >= 4 is 11.8 Å². The van der Waals surface area contributed by atoms with E-state index in [1.54, 1.807) is 6.08 Å². The third kappa shape index (κ3) is 2.43. The summed E-state index contributed by atoms with van der Waals surface area (Å²) in [6.07, 6.45) is 7.85. The molecule has 4 rings (SSSR count). The van der Waals surface area contributed by atoms with Gasteiger partial charge < -0.3 is 9.84 Å². The van der Waals surface area contributed by atoms with Crippen molar-refractivity contribution < 1.29 is 19.4 Å². The van der Waals surface area contributed by atoms with Crippen molar-refractivity contribution in [3.8, 4) is 0 Å². The number of aliphatic hydroxyl groups is 1. The van der Waals surface area contributed by atoms with E-state index in [0.717, 1.165) is 18.4 Å². The fourth-order valence-electron chi connectivity index (χ4n) is 6.76. The number of ketones is 1. The molecule has 3 saturated carbocycles. The summed E-state index contributed by atoms with van der Waals surface area (Å²) in [5.74, 6) is 0.777. The van der Waals surface area contributed by atoms with E-state index in [0.29, 0.717) is 23.7 Å². The lowest BCUT2D eigenvalue weighted by Gasteiger charge is -2.57. The van der Waals surface area contributed by atoms with E-state index < -0.39 is 12.2 Å². The summed E-state index contributed by atoms with van der Waals surface area (Å²) in [6, 6.07) is 0. The van der Waals surface area contributed by atoms with Crippen LogP contribution in [0.15, 0.2) is 11.6 Å². The minimum atomic E-state index is -0.843. The van der Waals surface area contributed by atoms with Crippen molar-refractivity contribution in [2.45, 2.75) is 77.9 Å². The summed E-state index contributed by atoms with van der Waals surface area (Å²) in [5.41, 5.74) is 1.00. The number of hydrogen-bond donors (Lipinski definition) is 1. The number of allylic oxidation sites excluding steroid dienone is 1. The first-order valence-corrected chi connectivity index (χ1v) is 9.87. The van der Waals surface area contributed by atoms with Crippen LogP contribution in [0.3, 0.4) is 0 Å². The molecule has 4 aliphatic rings. The highest BCUT2D eigenvalue weighted by molar-refractivity contribution is 5.94. The molecule has 0 spiro atoms. The minimum absolute atomic E-state index is 0.118. The van der Waals surface area contributed by atoms with Crippen LogP contribution in [-0.4, -0.2) is 29.1 Å². The van der Waals surface area contributed by atoms with Gasteiger partial charge in [0, 0.05) is 12.8 Å². The number of hydrogen-bond acceptors (Lipinski definition) is 4. The van der Waals surface area contributed by atoms with Gasteiger partial charge in [0.15, 0.2) is 5.78 Å². The molecule has 0 aromatic carbocycles. The lowest BCUT2D eigenvalue weighted by molar-refractivity contribution is -0.157. The molecule has 7 atom stereocenters. The number of carbonyl (C=O) groups is 2. The molecule has 3 fully saturated rings. The van der Waals surface area contributed by atoms with Crippen molar-refractivity contribution in [2.75, 3.05) is 0 Å². The maximum Gasteiger partial charge on any atom is 0.303 e. The first-order chi connectivity index (χ1) is 11.8. The minimum Gasteiger partial charge on any atom is -0.459 e. The van der Waals surface area contributed by atoms with Gasteiger partial charge in [-0.15, -0.1) is 0 Å². The zero-order chi connectivity index (χ0) is 18.0. The maximum absolute atomic E-state index is 13.1. The van der Waals surface area contributed by atoms with Gasteiger partial charge in [-0.1, -0.05) is 20.3 Å². The molecular formula is C21H30O4. The van der Waals surface area contributed by atoms with Gasteiger partial charge >= 0.3 is 5.97 Å². The molecule has 0 saturated heterocycles. The standard InChI is InChI=1S/C21H30O4/c1-12(22)25-17-7-10-21(3)14-6-9-20(2)8-4-5-13(20)18(14)16(23)11-15(21)19(17)24/h11,13-14,17-19,24H,4-10H2,1-3H3/t13-,14-,17-,18+,19+,20+,21+/m1/s1. The number of esters is 1. The summed E-state index contributed by atoms with van der Waals surface area (Å²) in [4.78, 5) is 24.4. The van der Waals surface area contributed by atoms with E-state index in [9.17, 15) is 14.7 Å². The molecule has 0 aromatic rings. The van der Waals surface area contributed by atoms with Crippen molar-refractivity contribution in [1.82, 2.24) is 0 Å². The Balaban J connectivity index is 1.70. The smallest absolute Gasteiger partial charge is 0.303 e. The summed E-state index contributed by atoms with van der Waals surface area (Å²) < 4.78 is 5.31. The molecule has 0 heterocycles. The Bertz CT molecular complexity index is 638. The third-order valence-corrected chi connectivity index (χ3v) is 8.09. The van der Waals surface area contributed by atoms with Crippen molar-refractivity contribution in [3.63, 3.8) is 0 Å². The first kappa shape index (κ1) is 17.3. The number of aliphatic hydroxyl groups excluding tert-OH is 1. The molecule has 1 N–H and O–H groups in total. The Labute approximate surface area is 150 Å². The Morgan fingerprint density at radius 3 is 2.64 bits per heavy atom. The Hall–Kier alpha value is -1.16. The second-order valence-electron chi connectivity index (χ2n) is 9.37. The van der Waals surface area contributed by atoms with Crippen LogP contribution in [0.4, 0.5) is 0 Å². The van der Waals surface area contributed by atoms with Crippen LogP contribution in [-0.2, 0) is 14.3 Å². The highest BCUT2D eigenvalue weighted by Gasteiger charge is 2.60. The predicted molar refractivity (Wildman–Crippen MR) is 93.7 cm³/mol. The van der Waals surface area contributed by atoms with Gasteiger partial charge in [0.2, 0.25) is 0 Å². The molecule has 138 valence electrons. The third-order valence-electron chi connectivity index (χ3n) is 8.09. The number of carbonyl (C=O) groups excluding carboxylic acids is 2. The van der Waals surface area contributed by atoms with Crippen LogP contribution in [0.5, 0.6) is 0 Å². The summed E-state index contributed by atoms with van der Waals surface area (Å²) in [7, 11) is 0. The highest BCUT2D eigenvalue weighted by atomic mass is 16.6. The van der Waals surface area contributed by atoms with Crippen LogP contribution in [0, 0.1) is 28.6 Å². The van der Waals surface area contributed by atoms with Crippen molar-refractivity contribution in [3.05, 3.63) is 11.6 Å². The molecule has 0 aromatic heterocycles. The summed E-state index contributed by atoms with van der Waals surface area (Å²) in [6.45, 7) is 5.98. The summed E-state index contributed by atoms with van der Waals surface area (Å²) in [5, 5.41) is 10.8. The molecule has 0 amide bonds. The van der Waals surface area contributed by atoms with Crippen LogP contribution in [0.1, 0.15) is 65.7 Å². The Morgan fingerprint density at radius 2 is 1.92 bits per heavy atom. The second-order valence-corrected chi connectivity index (χ2v) is 9.37. The van der Waals surface area contributed by atoms with Crippen LogP contribution < -0.4 is 0 Å². The number of rotatable bonds is 1. The molecule has 4 nitrogen and oxygen atoms in total. The lowest BCUT2D eigenvalue weighted by atomic mass is 9.47. The predicted octanol–water partition coefficient (Wildman–Crippen LogP) is 3.42. The lowest BCUT2D eigenvalue weighted by Crippen LogP contribution is -2.56. The average Bonchev–Trinajstić information content (AvgIpc) is 2.94. The van der Waals surface area contributed by atoms with Gasteiger partial charge in [-0.3, -0.25) is 9.59 Å². The number of fused-ring (bicyclic) bond motifs is 5. The van der Waals surface area contributed by atoms with E-state index in [4.69, 9.17) is 4.74 Å². The van der Waals surface area contributed by atoms with Crippen LogP contribution in [0.25, 0.3) is 0 Å². The van der Waals surface area contributed by atoms with Gasteiger partial charge in [0.1, 0.15) is 12.2 Å². The Morgan fingerprint density at radius 1 is 1.16 bits per heavy atom. The molecule has 0 aliphatic heterocycles. The maximum atomic E-state index is 13.1. The van der Waals surface area contributed by atoms with Gasteiger partial charge in [0.05, 0.1) is 0 Å². The fourth-order valence-corrected chi connectivity index (χ4v) is 6.76. The van der Waals surface area contributed by atoms with E-state index in [2.05, 4.69) is 13.8 Å². The molecule has 25 heavy (non-hydrogen) atoms. The highest BCUT2D eigenvalue weighted by Crippen LogP contribution is 2.64. The molecule has 4 heteroatoms. The molecular weight excluding hydrogens is 316 g/mol. The van der Waals surface area contributed by atoms with Gasteiger partial charge in [-0.05, 0) is 72.8 Å². The zero-order valence-electron chi connectivity index (χ0n) is 15.6. The van der Waals surface area contributed by atoms with Gasteiger partial charge in [-0.2, -0.15) is 0 Å². The second kappa shape index (κ2) is 5.67. The zero-order valence-corrected chi connectivity index (χ0v) is 15.6. The number of ether oxygens (including phenoxy) is 1. The van der Waals surface area contributed by atoms with Crippen molar-refractivity contribution in [2.24, 2.45) is 28.6 Å². The van der Waals surface area contributed by atoms with E-state index in [1.807, 2.05) is 0 Å². The topological polar surface area (TPSA) is 63.6 Å². The fraction of sp³-hybridized carbons (Fsp3) is 0.810. The van der Waals surface area contributed by atoms with Gasteiger partial charge in [0.25, 0.3) is 0 Å². The normalized spacial score (nSPS) is 48.9. The van der Waals surface area contributed by atoms with E-state index in [1.165, 1.54) is 32.6 Å². The first-order valence-electron chi connectivity index (χ1n) is 9.87. The quantitative estimate of drug-likeness (QED) is 0.739. The molecule has 0 radical (unpaired) electrons. The largest absolute Gasteiger partial charge is 0.459 e. The molecule has 4 aliphatic carbocycles. The van der Waals surface area contributed by atoms with Crippen LogP contribution in [0.2, 0.25) is 0 Å².